The van der Waals surface area contributed by atoms with Crippen molar-refractivity contribution in [2.75, 3.05) is 13.2 Å². The number of benzene rings is 2. The van der Waals surface area contributed by atoms with Crippen molar-refractivity contribution in [3.05, 3.63) is 70.8 Å². The quantitative estimate of drug-likeness (QED) is 0.659. The molecule has 0 atom stereocenters. The van der Waals surface area contributed by atoms with Crippen LogP contribution in [0.5, 0.6) is 5.75 Å². The monoisotopic (exact) mass is 388 g/mol. The Kier molecular flexibility index (Phi) is 6.08. The van der Waals surface area contributed by atoms with Crippen LogP contribution >= 0.6 is 11.6 Å². The van der Waals surface area contributed by atoms with E-state index in [1.54, 1.807) is 43.3 Å². The molecule has 7 heteroatoms. The first-order valence-electron chi connectivity index (χ1n) is 8.38. The Bertz CT molecular complexity index is 908. The van der Waals surface area contributed by atoms with Gasteiger partial charge < -0.3 is 14.5 Å². The van der Waals surface area contributed by atoms with Crippen LogP contribution in [0.2, 0.25) is 5.02 Å². The standard InChI is InChI=1S/C20H18ClFN2O3/c1-13-18(24-20(27-13)14-2-6-16(22)7-3-14)10-11-23-19(25)12-26-17-8-4-15(21)5-9-17/h2-9H,10-12H2,1H3,(H,23,25). The molecular formula is C20H18ClFN2O3. The second-order valence-corrected chi connectivity index (χ2v) is 6.31. The zero-order valence-corrected chi connectivity index (χ0v) is 15.4. The van der Waals surface area contributed by atoms with Crippen LogP contribution in [0.15, 0.2) is 52.9 Å². The van der Waals surface area contributed by atoms with Gasteiger partial charge in [-0.2, -0.15) is 0 Å². The maximum Gasteiger partial charge on any atom is 0.257 e. The predicted octanol–water partition coefficient (Wildman–Crippen LogP) is 4.18. The normalized spacial score (nSPS) is 10.6. The van der Waals surface area contributed by atoms with E-state index in [9.17, 15) is 9.18 Å². The van der Waals surface area contributed by atoms with Gasteiger partial charge in [0, 0.05) is 23.6 Å². The first-order chi connectivity index (χ1) is 13.0. The second-order valence-electron chi connectivity index (χ2n) is 5.87. The molecule has 2 aromatic carbocycles. The molecule has 0 fully saturated rings. The Balaban J connectivity index is 1.48. The van der Waals surface area contributed by atoms with E-state index in [1.165, 1.54) is 12.1 Å². The van der Waals surface area contributed by atoms with Gasteiger partial charge in [0.1, 0.15) is 17.3 Å². The maximum atomic E-state index is 13.0. The summed E-state index contributed by atoms with van der Waals surface area (Å²) >= 11 is 5.80. The van der Waals surface area contributed by atoms with Crippen molar-refractivity contribution in [2.24, 2.45) is 0 Å². The molecular weight excluding hydrogens is 371 g/mol. The fourth-order valence-electron chi connectivity index (χ4n) is 2.43. The zero-order valence-electron chi connectivity index (χ0n) is 14.7. The van der Waals surface area contributed by atoms with Crippen molar-refractivity contribution in [1.29, 1.82) is 0 Å². The number of halogens is 2. The summed E-state index contributed by atoms with van der Waals surface area (Å²) in [6.07, 6.45) is 0.517. The van der Waals surface area contributed by atoms with Crippen molar-refractivity contribution in [3.8, 4) is 17.2 Å². The third-order valence-electron chi connectivity index (χ3n) is 3.85. The topological polar surface area (TPSA) is 64.4 Å². The lowest BCUT2D eigenvalue weighted by Gasteiger charge is -2.07. The van der Waals surface area contributed by atoms with Crippen LogP contribution < -0.4 is 10.1 Å². The molecule has 0 unspecified atom stereocenters. The van der Waals surface area contributed by atoms with E-state index in [0.29, 0.717) is 41.0 Å². The van der Waals surface area contributed by atoms with Gasteiger partial charge in [0.15, 0.2) is 6.61 Å². The van der Waals surface area contributed by atoms with Gasteiger partial charge in [0.05, 0.1) is 5.69 Å². The minimum atomic E-state index is -0.314. The first kappa shape index (κ1) is 18.9. The number of nitrogens with zero attached hydrogens (tertiary/aromatic N) is 1. The molecule has 0 saturated heterocycles. The number of carbonyl (C=O) groups excluding carboxylic acids is 1. The highest BCUT2D eigenvalue weighted by Crippen LogP contribution is 2.22. The Hall–Kier alpha value is -2.86. The van der Waals surface area contributed by atoms with Gasteiger partial charge in [-0.05, 0) is 55.5 Å². The van der Waals surface area contributed by atoms with Gasteiger partial charge >= 0.3 is 0 Å². The molecule has 1 heterocycles. The van der Waals surface area contributed by atoms with E-state index < -0.39 is 0 Å². The molecule has 140 valence electrons. The number of hydrogen-bond acceptors (Lipinski definition) is 4. The highest BCUT2D eigenvalue weighted by atomic mass is 35.5. The highest BCUT2D eigenvalue weighted by Gasteiger charge is 2.12. The molecule has 0 bridgehead atoms. The molecule has 27 heavy (non-hydrogen) atoms. The Morgan fingerprint density at radius 1 is 1.19 bits per heavy atom. The minimum absolute atomic E-state index is 0.0831. The molecule has 5 nitrogen and oxygen atoms in total. The number of aromatic nitrogens is 1. The van der Waals surface area contributed by atoms with Gasteiger partial charge in [-0.1, -0.05) is 11.6 Å². The highest BCUT2D eigenvalue weighted by molar-refractivity contribution is 6.30. The molecule has 0 aliphatic carbocycles. The van der Waals surface area contributed by atoms with Crippen molar-refractivity contribution >= 4 is 17.5 Å². The summed E-state index contributed by atoms with van der Waals surface area (Å²) in [6, 6.07) is 12.7. The van der Waals surface area contributed by atoms with Crippen LogP contribution in [0.3, 0.4) is 0 Å². The Morgan fingerprint density at radius 3 is 2.59 bits per heavy atom. The third kappa shape index (κ3) is 5.31. The van der Waals surface area contributed by atoms with Crippen molar-refractivity contribution in [3.63, 3.8) is 0 Å². The van der Waals surface area contributed by atoms with Crippen LogP contribution in [0.1, 0.15) is 11.5 Å². The lowest BCUT2D eigenvalue weighted by Crippen LogP contribution is -2.30. The van der Waals surface area contributed by atoms with E-state index in [1.807, 2.05) is 0 Å². The van der Waals surface area contributed by atoms with Crippen LogP contribution in [-0.4, -0.2) is 24.0 Å². The largest absolute Gasteiger partial charge is 0.484 e. The van der Waals surface area contributed by atoms with Crippen molar-refractivity contribution in [2.45, 2.75) is 13.3 Å². The summed E-state index contributed by atoms with van der Waals surface area (Å²) in [5, 5.41) is 3.38. The Morgan fingerprint density at radius 2 is 1.89 bits per heavy atom. The third-order valence-corrected chi connectivity index (χ3v) is 4.10. The van der Waals surface area contributed by atoms with Crippen LogP contribution in [0.25, 0.3) is 11.5 Å². The zero-order chi connectivity index (χ0) is 19.2. The van der Waals surface area contributed by atoms with Gasteiger partial charge in [-0.3, -0.25) is 4.79 Å². The fourth-order valence-corrected chi connectivity index (χ4v) is 2.55. The van der Waals surface area contributed by atoms with Crippen molar-refractivity contribution in [1.82, 2.24) is 10.3 Å². The van der Waals surface area contributed by atoms with Crippen LogP contribution in [0.4, 0.5) is 4.39 Å². The molecule has 0 saturated carbocycles. The molecule has 0 spiro atoms. The van der Waals surface area contributed by atoms with E-state index >= 15 is 0 Å². The van der Waals surface area contributed by atoms with E-state index in [2.05, 4.69) is 10.3 Å². The predicted molar refractivity (Wildman–Crippen MR) is 100 cm³/mol. The molecule has 3 rings (SSSR count). The molecule has 1 amide bonds. The SMILES string of the molecule is Cc1oc(-c2ccc(F)cc2)nc1CCNC(=O)COc1ccc(Cl)cc1. The van der Waals surface area contributed by atoms with Gasteiger partial charge in [0.25, 0.3) is 5.91 Å². The Labute approximate surface area is 161 Å². The van der Waals surface area contributed by atoms with Crippen LogP contribution in [0, 0.1) is 12.7 Å². The number of carbonyl (C=O) groups is 1. The minimum Gasteiger partial charge on any atom is -0.484 e. The second kappa shape index (κ2) is 8.68. The molecule has 0 aliphatic rings. The molecule has 0 aliphatic heterocycles. The summed E-state index contributed by atoms with van der Waals surface area (Å²) in [5.74, 6) is 1.13. The maximum absolute atomic E-state index is 13.0. The average Bonchev–Trinajstić information content (AvgIpc) is 3.02. The number of aryl methyl sites for hydroxylation is 1. The van der Waals surface area contributed by atoms with E-state index in [-0.39, 0.29) is 18.3 Å². The molecule has 0 radical (unpaired) electrons. The van der Waals surface area contributed by atoms with Crippen molar-refractivity contribution < 1.29 is 18.3 Å². The lowest BCUT2D eigenvalue weighted by molar-refractivity contribution is -0.123. The van der Waals surface area contributed by atoms with Gasteiger partial charge in [-0.25, -0.2) is 9.37 Å². The smallest absolute Gasteiger partial charge is 0.257 e. The number of ether oxygens (including phenoxy) is 1. The summed E-state index contributed by atoms with van der Waals surface area (Å²) in [7, 11) is 0. The summed E-state index contributed by atoms with van der Waals surface area (Å²) in [4.78, 5) is 16.3. The fraction of sp³-hybridized carbons (Fsp3) is 0.200. The number of amides is 1. The number of rotatable bonds is 7. The molecule has 1 N–H and O–H groups in total. The lowest BCUT2D eigenvalue weighted by atomic mass is 10.2. The van der Waals surface area contributed by atoms with E-state index in [0.717, 1.165) is 5.69 Å². The number of hydrogen-bond donors (Lipinski definition) is 1. The molecule has 3 aromatic rings. The van der Waals surface area contributed by atoms with Gasteiger partial charge in [-0.15, -0.1) is 0 Å². The molecule has 1 aromatic heterocycles. The first-order valence-corrected chi connectivity index (χ1v) is 8.76. The van der Waals surface area contributed by atoms with Gasteiger partial charge in [0.2, 0.25) is 5.89 Å². The van der Waals surface area contributed by atoms with E-state index in [4.69, 9.17) is 20.8 Å². The van der Waals surface area contributed by atoms with Crippen LogP contribution in [-0.2, 0) is 11.2 Å². The number of oxazole rings is 1. The summed E-state index contributed by atoms with van der Waals surface area (Å²) in [6.45, 7) is 2.13. The summed E-state index contributed by atoms with van der Waals surface area (Å²) < 4.78 is 24.0. The average molecular weight is 389 g/mol. The summed E-state index contributed by atoms with van der Waals surface area (Å²) in [5.41, 5.74) is 1.44. The number of nitrogens with one attached hydrogen (secondary N) is 1.